The highest BCUT2D eigenvalue weighted by molar-refractivity contribution is 6.30. The summed E-state index contributed by atoms with van der Waals surface area (Å²) in [5, 5.41) is 14.3. The smallest absolute Gasteiger partial charge is 0.339 e. The Morgan fingerprint density at radius 2 is 1.81 bits per heavy atom. The summed E-state index contributed by atoms with van der Waals surface area (Å²) in [6, 6.07) is 10.4. The van der Waals surface area contributed by atoms with Gasteiger partial charge in [0.2, 0.25) is 0 Å². The Labute approximate surface area is 160 Å². The number of nitrogens with zero attached hydrogens (tertiary/aromatic N) is 2. The highest BCUT2D eigenvalue weighted by atomic mass is 35.5. The van der Waals surface area contributed by atoms with Crippen LogP contribution in [0.25, 0.3) is 0 Å². The molecule has 2 aromatic carbocycles. The predicted molar refractivity (Wildman–Crippen MR) is 102 cm³/mol. The molecule has 0 fully saturated rings. The fraction of sp³-hybridized carbons (Fsp3) is 0.222. The van der Waals surface area contributed by atoms with E-state index < -0.39 is 22.9 Å². The molecule has 9 heteroatoms. The van der Waals surface area contributed by atoms with E-state index in [2.05, 4.69) is 5.32 Å². The van der Waals surface area contributed by atoms with Gasteiger partial charge >= 0.3 is 5.97 Å². The molecule has 0 saturated heterocycles. The number of anilines is 2. The molecule has 0 aliphatic rings. The SMILES string of the molecule is C[C@@H](OC(=O)c1ccc(N(C)C)c([N+](=O)[O-])c1)C(=O)Nc1ccc(Cl)cc1. The van der Waals surface area contributed by atoms with Crippen molar-refractivity contribution in [1.29, 1.82) is 0 Å². The van der Waals surface area contributed by atoms with Crippen molar-refractivity contribution in [1.82, 2.24) is 0 Å². The van der Waals surface area contributed by atoms with Gasteiger partial charge in [-0.05, 0) is 43.3 Å². The van der Waals surface area contributed by atoms with Gasteiger partial charge in [0.15, 0.2) is 6.10 Å². The van der Waals surface area contributed by atoms with Crippen LogP contribution in [0.15, 0.2) is 42.5 Å². The van der Waals surface area contributed by atoms with E-state index in [9.17, 15) is 19.7 Å². The summed E-state index contributed by atoms with van der Waals surface area (Å²) in [4.78, 5) is 36.6. The third-order valence-corrected chi connectivity index (χ3v) is 3.91. The second-order valence-corrected chi connectivity index (χ2v) is 6.34. The first-order valence-corrected chi connectivity index (χ1v) is 8.30. The second-order valence-electron chi connectivity index (χ2n) is 5.90. The summed E-state index contributed by atoms with van der Waals surface area (Å²) in [5.74, 6) is -1.37. The molecule has 1 amide bonds. The second kappa shape index (κ2) is 8.50. The van der Waals surface area contributed by atoms with E-state index in [1.54, 1.807) is 43.3 Å². The number of benzene rings is 2. The van der Waals surface area contributed by atoms with Crippen molar-refractivity contribution in [2.24, 2.45) is 0 Å². The molecule has 2 rings (SSSR count). The number of hydrogen-bond acceptors (Lipinski definition) is 6. The van der Waals surface area contributed by atoms with Gasteiger partial charge in [-0.15, -0.1) is 0 Å². The lowest BCUT2D eigenvalue weighted by atomic mass is 10.1. The minimum atomic E-state index is -1.10. The molecule has 2 aromatic rings. The van der Waals surface area contributed by atoms with Crippen LogP contribution in [0.1, 0.15) is 17.3 Å². The Kier molecular flexibility index (Phi) is 6.36. The molecule has 1 atom stereocenters. The lowest BCUT2D eigenvalue weighted by molar-refractivity contribution is -0.384. The van der Waals surface area contributed by atoms with Crippen LogP contribution in [0.4, 0.5) is 17.1 Å². The lowest BCUT2D eigenvalue weighted by Crippen LogP contribution is -2.30. The predicted octanol–water partition coefficient (Wildman–Crippen LogP) is 3.50. The van der Waals surface area contributed by atoms with E-state index in [0.29, 0.717) is 16.4 Å². The maximum absolute atomic E-state index is 12.3. The summed E-state index contributed by atoms with van der Waals surface area (Å²) >= 11 is 5.78. The fourth-order valence-electron chi connectivity index (χ4n) is 2.23. The largest absolute Gasteiger partial charge is 0.449 e. The van der Waals surface area contributed by atoms with Crippen LogP contribution in [0, 0.1) is 10.1 Å². The molecule has 0 radical (unpaired) electrons. The third kappa shape index (κ3) is 5.18. The summed E-state index contributed by atoms with van der Waals surface area (Å²) in [6.07, 6.45) is -1.10. The van der Waals surface area contributed by atoms with Gasteiger partial charge in [0.1, 0.15) is 5.69 Å². The molecule has 0 saturated carbocycles. The maximum atomic E-state index is 12.3. The molecule has 0 spiro atoms. The number of carbonyl (C=O) groups excluding carboxylic acids is 2. The number of rotatable bonds is 6. The number of esters is 1. The number of carbonyl (C=O) groups is 2. The molecule has 0 aliphatic heterocycles. The van der Waals surface area contributed by atoms with E-state index >= 15 is 0 Å². The van der Waals surface area contributed by atoms with Crippen LogP contribution < -0.4 is 10.2 Å². The zero-order valence-electron chi connectivity index (χ0n) is 14.9. The number of ether oxygens (including phenoxy) is 1. The van der Waals surface area contributed by atoms with E-state index in [1.807, 2.05) is 0 Å². The van der Waals surface area contributed by atoms with E-state index in [-0.39, 0.29) is 11.3 Å². The molecule has 0 aromatic heterocycles. The van der Waals surface area contributed by atoms with E-state index in [1.165, 1.54) is 19.1 Å². The number of nitrogens with one attached hydrogen (secondary N) is 1. The van der Waals surface area contributed by atoms with Gasteiger partial charge in [0.05, 0.1) is 10.5 Å². The van der Waals surface area contributed by atoms with Crippen LogP contribution in [0.2, 0.25) is 5.02 Å². The highest BCUT2D eigenvalue weighted by Gasteiger charge is 2.23. The minimum absolute atomic E-state index is 0.0153. The first-order valence-electron chi connectivity index (χ1n) is 7.92. The summed E-state index contributed by atoms with van der Waals surface area (Å²) < 4.78 is 5.12. The van der Waals surface area contributed by atoms with Crippen LogP contribution in [0.5, 0.6) is 0 Å². The summed E-state index contributed by atoms with van der Waals surface area (Å²) in [5.41, 5.74) is 0.606. The average Bonchev–Trinajstić information content (AvgIpc) is 2.62. The van der Waals surface area contributed by atoms with Gasteiger partial charge in [-0.3, -0.25) is 14.9 Å². The van der Waals surface area contributed by atoms with Crippen LogP contribution in [-0.4, -0.2) is 37.0 Å². The Bertz CT molecular complexity index is 868. The van der Waals surface area contributed by atoms with Crippen LogP contribution in [-0.2, 0) is 9.53 Å². The maximum Gasteiger partial charge on any atom is 0.339 e. The normalized spacial score (nSPS) is 11.4. The Hall–Kier alpha value is -3.13. The van der Waals surface area contributed by atoms with Gasteiger partial charge in [-0.25, -0.2) is 4.79 Å². The van der Waals surface area contributed by atoms with Crippen molar-refractivity contribution in [2.75, 3.05) is 24.3 Å². The molecule has 0 unspecified atom stereocenters. The highest BCUT2D eigenvalue weighted by Crippen LogP contribution is 2.28. The average molecular weight is 392 g/mol. The van der Waals surface area contributed by atoms with Gasteiger partial charge < -0.3 is 15.0 Å². The topological polar surface area (TPSA) is 102 Å². The van der Waals surface area contributed by atoms with Crippen molar-refractivity contribution in [2.45, 2.75) is 13.0 Å². The fourth-order valence-corrected chi connectivity index (χ4v) is 2.36. The van der Waals surface area contributed by atoms with Crippen LogP contribution >= 0.6 is 11.6 Å². The van der Waals surface area contributed by atoms with Crippen molar-refractivity contribution in [3.63, 3.8) is 0 Å². The van der Waals surface area contributed by atoms with Crippen molar-refractivity contribution in [3.8, 4) is 0 Å². The number of nitro groups is 1. The van der Waals surface area contributed by atoms with Gasteiger partial charge in [0, 0.05) is 30.9 Å². The van der Waals surface area contributed by atoms with Crippen molar-refractivity contribution in [3.05, 3.63) is 63.2 Å². The number of nitro benzene ring substituents is 1. The Morgan fingerprint density at radius 1 is 1.19 bits per heavy atom. The quantitative estimate of drug-likeness (QED) is 0.459. The van der Waals surface area contributed by atoms with E-state index in [0.717, 1.165) is 6.07 Å². The number of hydrogen-bond donors (Lipinski definition) is 1. The lowest BCUT2D eigenvalue weighted by Gasteiger charge is -2.15. The molecule has 27 heavy (non-hydrogen) atoms. The zero-order valence-corrected chi connectivity index (χ0v) is 15.7. The Morgan fingerprint density at radius 3 is 2.37 bits per heavy atom. The van der Waals surface area contributed by atoms with E-state index in [4.69, 9.17) is 16.3 Å². The first kappa shape index (κ1) is 20.2. The molecule has 0 heterocycles. The number of halogens is 1. The Balaban J connectivity index is 2.09. The molecule has 8 nitrogen and oxygen atoms in total. The first-order chi connectivity index (χ1) is 12.7. The standard InChI is InChI=1S/C18H18ClN3O5/c1-11(17(23)20-14-7-5-13(19)6-8-14)27-18(24)12-4-9-15(21(2)3)16(10-12)22(25)26/h4-11H,1-3H3,(H,20,23)/t11-/m1/s1. The molecular weight excluding hydrogens is 374 g/mol. The van der Waals surface area contributed by atoms with Crippen molar-refractivity contribution < 1.29 is 19.2 Å². The molecule has 0 aliphatic carbocycles. The van der Waals surface area contributed by atoms with Crippen LogP contribution in [0.3, 0.4) is 0 Å². The van der Waals surface area contributed by atoms with Gasteiger partial charge in [0.25, 0.3) is 11.6 Å². The molecule has 142 valence electrons. The molecule has 0 bridgehead atoms. The van der Waals surface area contributed by atoms with Gasteiger partial charge in [-0.1, -0.05) is 11.6 Å². The van der Waals surface area contributed by atoms with Gasteiger partial charge in [-0.2, -0.15) is 0 Å². The summed E-state index contributed by atoms with van der Waals surface area (Å²) in [6.45, 7) is 1.41. The minimum Gasteiger partial charge on any atom is -0.449 e. The van der Waals surface area contributed by atoms with Crippen molar-refractivity contribution >= 4 is 40.5 Å². The number of amides is 1. The summed E-state index contributed by atoms with van der Waals surface area (Å²) in [7, 11) is 3.31. The third-order valence-electron chi connectivity index (χ3n) is 3.65. The molecular formula is C18H18ClN3O5. The molecule has 1 N–H and O–H groups in total. The zero-order chi connectivity index (χ0) is 20.1. The monoisotopic (exact) mass is 391 g/mol.